The molecule has 3 aromatic carbocycles. The number of carbonyl (C=O) groups excluding carboxylic acids is 2. The Morgan fingerprint density at radius 1 is 1.03 bits per heavy atom. The van der Waals surface area contributed by atoms with Gasteiger partial charge in [-0.1, -0.05) is 36.4 Å². The summed E-state index contributed by atoms with van der Waals surface area (Å²) in [5, 5.41) is 6.11. The third-order valence-electron chi connectivity index (χ3n) is 5.52. The molecule has 0 saturated heterocycles. The van der Waals surface area contributed by atoms with Crippen molar-refractivity contribution in [2.24, 2.45) is 5.73 Å². The fourth-order valence-electron chi connectivity index (χ4n) is 3.73. The molecule has 0 atom stereocenters. The van der Waals surface area contributed by atoms with Crippen molar-refractivity contribution < 1.29 is 18.7 Å². The molecule has 3 aromatic rings. The van der Waals surface area contributed by atoms with Crippen molar-refractivity contribution in [2.75, 3.05) is 17.7 Å². The van der Waals surface area contributed by atoms with Crippen molar-refractivity contribution in [2.45, 2.75) is 19.4 Å². The summed E-state index contributed by atoms with van der Waals surface area (Å²) in [6, 6.07) is 19.5. The summed E-state index contributed by atoms with van der Waals surface area (Å²) in [5.74, 6) is -1.00. The summed E-state index contributed by atoms with van der Waals surface area (Å²) in [4.78, 5) is 24.4. The first kappa shape index (κ1) is 22.2. The topological polar surface area (TPSA) is 93.4 Å². The third-order valence-corrected chi connectivity index (χ3v) is 5.52. The fourth-order valence-corrected chi connectivity index (χ4v) is 3.73. The molecule has 0 saturated carbocycles. The van der Waals surface area contributed by atoms with E-state index in [4.69, 9.17) is 10.5 Å². The predicted molar refractivity (Wildman–Crippen MR) is 127 cm³/mol. The van der Waals surface area contributed by atoms with Gasteiger partial charge < -0.3 is 21.1 Å². The van der Waals surface area contributed by atoms with Crippen LogP contribution < -0.4 is 16.4 Å². The second-order valence-corrected chi connectivity index (χ2v) is 7.69. The first-order chi connectivity index (χ1) is 16.0. The van der Waals surface area contributed by atoms with Crippen molar-refractivity contribution in [3.8, 4) is 0 Å². The zero-order chi connectivity index (χ0) is 23.4. The molecule has 1 heterocycles. The molecule has 0 aromatic heterocycles. The van der Waals surface area contributed by atoms with Gasteiger partial charge in [0, 0.05) is 24.2 Å². The van der Waals surface area contributed by atoms with Crippen LogP contribution in [0.4, 0.5) is 15.8 Å². The van der Waals surface area contributed by atoms with Crippen LogP contribution >= 0.6 is 0 Å². The monoisotopic (exact) mass is 445 g/mol. The molecule has 0 bridgehead atoms. The highest BCUT2D eigenvalue weighted by molar-refractivity contribution is 6.37. The summed E-state index contributed by atoms with van der Waals surface area (Å²) in [6.07, 6.45) is 0.840. The number of carbonyl (C=O) groups is 2. The molecule has 1 amide bonds. The van der Waals surface area contributed by atoms with Gasteiger partial charge in [-0.05, 0) is 53.4 Å². The zero-order valence-electron chi connectivity index (χ0n) is 18.2. The van der Waals surface area contributed by atoms with Crippen LogP contribution in [0, 0.1) is 5.82 Å². The second-order valence-electron chi connectivity index (χ2n) is 7.69. The Morgan fingerprint density at radius 3 is 2.39 bits per heavy atom. The van der Waals surface area contributed by atoms with E-state index in [0.29, 0.717) is 35.5 Å². The number of esters is 1. The number of benzene rings is 3. The minimum atomic E-state index is -0.419. The Kier molecular flexibility index (Phi) is 6.51. The molecule has 0 fully saturated rings. The van der Waals surface area contributed by atoms with Crippen LogP contribution in [0.25, 0.3) is 11.3 Å². The minimum Gasteiger partial charge on any atom is -0.469 e. The molecule has 33 heavy (non-hydrogen) atoms. The Hall–Kier alpha value is -3.97. The molecule has 168 valence electrons. The van der Waals surface area contributed by atoms with Crippen LogP contribution in [-0.4, -0.2) is 19.0 Å². The van der Waals surface area contributed by atoms with E-state index in [0.717, 1.165) is 22.4 Å². The van der Waals surface area contributed by atoms with E-state index in [2.05, 4.69) is 10.6 Å². The SMILES string of the molecule is COC(=O)CCc1ccc(/C(Nc2ccc(CN)cc2)=C2/C(=O)Nc3cc(F)ccc32)cc1. The quantitative estimate of drug-likeness (QED) is 0.372. The number of nitrogens with one attached hydrogen (secondary N) is 2. The van der Waals surface area contributed by atoms with E-state index in [9.17, 15) is 14.0 Å². The van der Waals surface area contributed by atoms with Crippen LogP contribution in [0.5, 0.6) is 0 Å². The predicted octanol–water partition coefficient (Wildman–Crippen LogP) is 4.32. The van der Waals surface area contributed by atoms with Gasteiger partial charge in [0.15, 0.2) is 0 Å². The molecule has 0 spiro atoms. The lowest BCUT2D eigenvalue weighted by molar-refractivity contribution is -0.140. The molecule has 4 rings (SSSR count). The van der Waals surface area contributed by atoms with Crippen LogP contribution in [0.1, 0.15) is 28.7 Å². The lowest BCUT2D eigenvalue weighted by Crippen LogP contribution is -2.10. The van der Waals surface area contributed by atoms with Gasteiger partial charge >= 0.3 is 5.97 Å². The van der Waals surface area contributed by atoms with E-state index in [1.54, 1.807) is 6.07 Å². The van der Waals surface area contributed by atoms with Crippen LogP contribution in [0.2, 0.25) is 0 Å². The summed E-state index contributed by atoms with van der Waals surface area (Å²) in [6.45, 7) is 0.433. The maximum atomic E-state index is 13.7. The number of anilines is 2. The van der Waals surface area contributed by atoms with Crippen molar-refractivity contribution in [3.63, 3.8) is 0 Å². The Morgan fingerprint density at radius 2 is 1.73 bits per heavy atom. The number of methoxy groups -OCH3 is 1. The molecule has 0 unspecified atom stereocenters. The molecule has 4 N–H and O–H groups in total. The summed E-state index contributed by atoms with van der Waals surface area (Å²) < 4.78 is 18.4. The highest BCUT2D eigenvalue weighted by Crippen LogP contribution is 2.38. The van der Waals surface area contributed by atoms with Gasteiger partial charge in [0.1, 0.15) is 5.82 Å². The van der Waals surface area contributed by atoms with Crippen molar-refractivity contribution in [3.05, 3.63) is 94.8 Å². The van der Waals surface area contributed by atoms with Crippen LogP contribution in [0.3, 0.4) is 0 Å². The number of amides is 1. The molecule has 0 aliphatic carbocycles. The van der Waals surface area contributed by atoms with Gasteiger partial charge in [-0.25, -0.2) is 4.39 Å². The Labute approximate surface area is 191 Å². The lowest BCUT2D eigenvalue weighted by atomic mass is 9.98. The molecule has 1 aliphatic heterocycles. The molecular formula is C26H24FN3O3. The Balaban J connectivity index is 1.75. The maximum Gasteiger partial charge on any atom is 0.305 e. The first-order valence-corrected chi connectivity index (χ1v) is 10.6. The van der Waals surface area contributed by atoms with Gasteiger partial charge in [-0.2, -0.15) is 0 Å². The minimum absolute atomic E-state index is 0.268. The maximum absolute atomic E-state index is 13.7. The standard InChI is InChI=1S/C26H24FN3O3/c1-33-23(31)13-6-16-2-7-18(8-3-16)25(29-20-10-4-17(15-28)5-11-20)24-21-12-9-19(27)14-22(21)30-26(24)32/h2-5,7-12,14,29H,6,13,15,28H2,1H3,(H,30,32)/b25-24-. The molecule has 6 nitrogen and oxygen atoms in total. The number of aryl methyl sites for hydroxylation is 1. The van der Waals surface area contributed by atoms with E-state index >= 15 is 0 Å². The number of ether oxygens (including phenoxy) is 1. The highest BCUT2D eigenvalue weighted by atomic mass is 19.1. The van der Waals surface area contributed by atoms with E-state index in [1.807, 2.05) is 48.5 Å². The number of rotatable bonds is 7. The van der Waals surface area contributed by atoms with E-state index in [-0.39, 0.29) is 18.3 Å². The summed E-state index contributed by atoms with van der Waals surface area (Å²) in [5.41, 5.74) is 11.3. The van der Waals surface area contributed by atoms with Gasteiger partial charge in [0.05, 0.1) is 24.1 Å². The van der Waals surface area contributed by atoms with E-state index in [1.165, 1.54) is 19.2 Å². The van der Waals surface area contributed by atoms with E-state index < -0.39 is 5.82 Å². The van der Waals surface area contributed by atoms with Crippen molar-refractivity contribution in [1.82, 2.24) is 0 Å². The summed E-state index contributed by atoms with van der Waals surface area (Å²) in [7, 11) is 1.37. The van der Waals surface area contributed by atoms with Gasteiger partial charge in [0.2, 0.25) is 0 Å². The smallest absolute Gasteiger partial charge is 0.305 e. The normalized spacial score (nSPS) is 13.8. The number of halogens is 1. The largest absolute Gasteiger partial charge is 0.469 e. The van der Waals surface area contributed by atoms with Crippen molar-refractivity contribution >= 4 is 34.5 Å². The summed E-state index contributed by atoms with van der Waals surface area (Å²) >= 11 is 0. The third kappa shape index (κ3) is 4.94. The first-order valence-electron chi connectivity index (χ1n) is 10.6. The molecule has 0 radical (unpaired) electrons. The van der Waals surface area contributed by atoms with Crippen LogP contribution in [-0.2, 0) is 27.3 Å². The van der Waals surface area contributed by atoms with Gasteiger partial charge in [-0.3, -0.25) is 9.59 Å². The molecular weight excluding hydrogens is 421 g/mol. The van der Waals surface area contributed by atoms with Gasteiger partial charge in [0.25, 0.3) is 5.91 Å². The second kappa shape index (κ2) is 9.67. The van der Waals surface area contributed by atoms with Crippen LogP contribution in [0.15, 0.2) is 66.7 Å². The zero-order valence-corrected chi connectivity index (χ0v) is 18.2. The number of hydrogen-bond donors (Lipinski definition) is 3. The average Bonchev–Trinajstić information content (AvgIpc) is 3.16. The average molecular weight is 445 g/mol. The van der Waals surface area contributed by atoms with Crippen molar-refractivity contribution in [1.29, 1.82) is 0 Å². The number of fused-ring (bicyclic) bond motifs is 1. The fraction of sp³-hybridized carbons (Fsp3) is 0.154. The molecule has 1 aliphatic rings. The highest BCUT2D eigenvalue weighted by Gasteiger charge is 2.28. The number of nitrogens with two attached hydrogens (primary N) is 1. The van der Waals surface area contributed by atoms with Gasteiger partial charge in [-0.15, -0.1) is 0 Å². The molecule has 7 heteroatoms. The Bertz CT molecular complexity index is 1220. The lowest BCUT2D eigenvalue weighted by Gasteiger charge is -2.16. The number of hydrogen-bond acceptors (Lipinski definition) is 5.